The normalized spacial score (nSPS) is 21.0. The fraction of sp³-hybridized carbons (Fsp3) is 0.100. The highest BCUT2D eigenvalue weighted by Crippen LogP contribution is 2.49. The van der Waals surface area contributed by atoms with Crippen LogP contribution in [0, 0.1) is 11.8 Å². The van der Waals surface area contributed by atoms with Crippen molar-refractivity contribution in [1.29, 1.82) is 0 Å². The summed E-state index contributed by atoms with van der Waals surface area (Å²) in [5.74, 6) is 3.07. The van der Waals surface area contributed by atoms with Crippen molar-refractivity contribution in [3.8, 4) is 45.0 Å². The molecule has 0 aliphatic heterocycles. The fourth-order valence-electron chi connectivity index (χ4n) is 7.60. The van der Waals surface area contributed by atoms with Gasteiger partial charge in [-0.1, -0.05) is 182 Å². The van der Waals surface area contributed by atoms with Gasteiger partial charge in [0.05, 0.1) is 0 Å². The second-order valence-corrected chi connectivity index (χ2v) is 14.0. The molecule has 0 amide bonds. The minimum absolute atomic E-state index is 0.518. The van der Waals surface area contributed by atoms with E-state index < -0.39 is 0 Å². The van der Waals surface area contributed by atoms with E-state index in [-0.39, 0.29) is 0 Å². The molecule has 5 aromatic carbocycles. The van der Waals surface area contributed by atoms with Crippen LogP contribution in [0.2, 0.25) is 0 Å². The predicted molar refractivity (Wildman–Crippen MR) is 222 cm³/mol. The number of hydrogen-bond donors (Lipinski definition) is 0. The van der Waals surface area contributed by atoms with Crippen LogP contribution in [0.1, 0.15) is 31.2 Å². The number of aromatic nitrogens is 3. The van der Waals surface area contributed by atoms with Gasteiger partial charge in [0.15, 0.2) is 17.5 Å². The monoisotopic (exact) mass is 681 g/mol. The van der Waals surface area contributed by atoms with Gasteiger partial charge in [-0.2, -0.15) is 0 Å². The average molecular weight is 682 g/mol. The number of nitrogens with zero attached hydrogens (tertiary/aromatic N) is 3. The molecule has 53 heavy (non-hydrogen) atoms. The van der Waals surface area contributed by atoms with Gasteiger partial charge in [-0.3, -0.25) is 0 Å². The summed E-state index contributed by atoms with van der Waals surface area (Å²) in [6, 6.07) is 41.0. The predicted octanol–water partition coefficient (Wildman–Crippen LogP) is 12.7. The lowest BCUT2D eigenvalue weighted by Crippen LogP contribution is -2.04. The summed E-state index contributed by atoms with van der Waals surface area (Å²) in [7, 11) is 0. The first-order chi connectivity index (χ1) is 26.2. The van der Waals surface area contributed by atoms with Crippen molar-refractivity contribution >= 4 is 21.9 Å². The molecule has 1 fully saturated rings. The van der Waals surface area contributed by atoms with E-state index in [0.717, 1.165) is 39.8 Å². The van der Waals surface area contributed by atoms with Gasteiger partial charge in [0, 0.05) is 16.7 Å². The zero-order chi connectivity index (χ0) is 35.6. The highest BCUT2D eigenvalue weighted by molar-refractivity contribution is 5.98. The molecule has 1 aromatic heterocycles. The van der Waals surface area contributed by atoms with Crippen LogP contribution in [-0.4, -0.2) is 15.0 Å². The Kier molecular flexibility index (Phi) is 8.75. The Balaban J connectivity index is 1.27. The smallest absolute Gasteiger partial charge is 0.164 e. The molecule has 0 bridgehead atoms. The SMILES string of the molecule is C\C1=C(c2ccc(-c3cccc4ccccc34)cc2-c2nc(C3=CCC=CC=C3)nc(-c3ccc(-c4ccccc4)cc3)n2)/C=C\C=C\C=C/C2CC12. The van der Waals surface area contributed by atoms with E-state index in [2.05, 4.69) is 183 Å². The molecule has 3 heteroatoms. The molecular weight excluding hydrogens is 643 g/mol. The van der Waals surface area contributed by atoms with Crippen molar-refractivity contribution in [3.05, 3.63) is 199 Å². The van der Waals surface area contributed by atoms with Crippen LogP contribution in [0.5, 0.6) is 0 Å². The molecule has 1 saturated carbocycles. The van der Waals surface area contributed by atoms with Crippen molar-refractivity contribution < 1.29 is 0 Å². The minimum Gasteiger partial charge on any atom is -0.208 e. The molecule has 0 spiro atoms. The van der Waals surface area contributed by atoms with Crippen LogP contribution < -0.4 is 0 Å². The van der Waals surface area contributed by atoms with Crippen LogP contribution in [0.25, 0.3) is 66.9 Å². The van der Waals surface area contributed by atoms with Gasteiger partial charge in [-0.15, -0.1) is 0 Å². The summed E-state index contributed by atoms with van der Waals surface area (Å²) in [4.78, 5) is 15.7. The molecule has 3 aliphatic rings. The minimum atomic E-state index is 0.518. The molecule has 1 heterocycles. The third kappa shape index (κ3) is 6.70. The highest BCUT2D eigenvalue weighted by atomic mass is 15.0. The molecule has 0 N–H and O–H groups in total. The maximum Gasteiger partial charge on any atom is 0.164 e. The summed E-state index contributed by atoms with van der Waals surface area (Å²) in [6.07, 6.45) is 25.8. The van der Waals surface area contributed by atoms with Gasteiger partial charge >= 0.3 is 0 Å². The van der Waals surface area contributed by atoms with Gasteiger partial charge in [-0.05, 0) is 81.8 Å². The van der Waals surface area contributed by atoms with E-state index in [1.807, 2.05) is 6.07 Å². The topological polar surface area (TPSA) is 38.7 Å². The molecule has 3 nitrogen and oxygen atoms in total. The number of fused-ring (bicyclic) bond motifs is 2. The number of hydrogen-bond acceptors (Lipinski definition) is 3. The third-order valence-electron chi connectivity index (χ3n) is 10.6. The van der Waals surface area contributed by atoms with Gasteiger partial charge in [0.2, 0.25) is 0 Å². The van der Waals surface area contributed by atoms with Crippen molar-refractivity contribution in [2.75, 3.05) is 0 Å². The molecule has 9 rings (SSSR count). The van der Waals surface area contributed by atoms with Crippen molar-refractivity contribution in [2.24, 2.45) is 11.8 Å². The molecule has 2 atom stereocenters. The summed E-state index contributed by atoms with van der Waals surface area (Å²) in [5, 5.41) is 2.44. The van der Waals surface area contributed by atoms with E-state index >= 15 is 0 Å². The van der Waals surface area contributed by atoms with Gasteiger partial charge in [0.1, 0.15) is 0 Å². The summed E-state index contributed by atoms with van der Waals surface area (Å²) < 4.78 is 0. The van der Waals surface area contributed by atoms with Crippen molar-refractivity contribution in [1.82, 2.24) is 15.0 Å². The summed E-state index contributed by atoms with van der Waals surface area (Å²) in [5.41, 5.74) is 11.3. The Morgan fingerprint density at radius 1 is 0.528 bits per heavy atom. The van der Waals surface area contributed by atoms with E-state index in [0.29, 0.717) is 29.3 Å². The van der Waals surface area contributed by atoms with Crippen molar-refractivity contribution in [2.45, 2.75) is 19.8 Å². The zero-order valence-electron chi connectivity index (χ0n) is 29.7. The standard InChI is InChI=1S/C50H39N3/c1-34-42(23-12-5-4-9-21-40-32-46(34)40)45-31-30-41(44-25-15-22-37-18-13-14-24-43(37)44)33-47(45)50-52-48(38-19-7-2-3-8-20-38)51-49(53-50)39-28-26-36(27-29-39)35-16-10-6-11-17-35/h2-7,9-31,33,40,46H,8,32H2,1H3/b5-4+,21-9-,23-12-,42-34-. The number of benzene rings is 5. The Bertz CT molecular complexity index is 2560. The first-order valence-corrected chi connectivity index (χ1v) is 18.5. The molecule has 0 saturated heterocycles. The quantitative estimate of drug-likeness (QED) is 0.176. The van der Waals surface area contributed by atoms with E-state index in [1.165, 1.54) is 39.5 Å². The van der Waals surface area contributed by atoms with E-state index in [1.54, 1.807) is 0 Å². The lowest BCUT2D eigenvalue weighted by Gasteiger charge is -2.17. The first kappa shape index (κ1) is 32.5. The lowest BCUT2D eigenvalue weighted by atomic mass is 9.89. The number of rotatable bonds is 6. The maximum atomic E-state index is 5.32. The van der Waals surface area contributed by atoms with Crippen LogP contribution in [-0.2, 0) is 0 Å². The highest BCUT2D eigenvalue weighted by Gasteiger charge is 2.37. The first-order valence-electron chi connectivity index (χ1n) is 18.5. The molecular formula is C50H39N3. The van der Waals surface area contributed by atoms with Gasteiger partial charge in [-0.25, -0.2) is 15.0 Å². The third-order valence-corrected chi connectivity index (χ3v) is 10.6. The fourth-order valence-corrected chi connectivity index (χ4v) is 7.60. The largest absolute Gasteiger partial charge is 0.208 e. The van der Waals surface area contributed by atoms with Crippen LogP contribution in [0.15, 0.2) is 188 Å². The van der Waals surface area contributed by atoms with Crippen LogP contribution >= 0.6 is 0 Å². The lowest BCUT2D eigenvalue weighted by molar-refractivity contribution is 0.927. The van der Waals surface area contributed by atoms with Crippen molar-refractivity contribution in [3.63, 3.8) is 0 Å². The molecule has 6 aromatic rings. The molecule has 2 unspecified atom stereocenters. The number of allylic oxidation sites excluding steroid dienone is 14. The molecule has 0 radical (unpaired) electrons. The second kappa shape index (κ2) is 14.3. The Morgan fingerprint density at radius 3 is 2.15 bits per heavy atom. The van der Waals surface area contributed by atoms with Gasteiger partial charge in [0.25, 0.3) is 0 Å². The molecule has 3 aliphatic carbocycles. The molecule has 254 valence electrons. The maximum absolute atomic E-state index is 5.32. The van der Waals surface area contributed by atoms with E-state index in [9.17, 15) is 0 Å². The van der Waals surface area contributed by atoms with Crippen LogP contribution in [0.4, 0.5) is 0 Å². The van der Waals surface area contributed by atoms with Crippen LogP contribution in [0.3, 0.4) is 0 Å². The summed E-state index contributed by atoms with van der Waals surface area (Å²) >= 11 is 0. The Labute approximate surface area is 311 Å². The Hall–Kier alpha value is -6.45. The summed E-state index contributed by atoms with van der Waals surface area (Å²) in [6.45, 7) is 2.30. The second-order valence-electron chi connectivity index (χ2n) is 14.0. The Morgan fingerprint density at radius 2 is 1.25 bits per heavy atom. The average Bonchev–Trinajstić information content (AvgIpc) is 4.05. The zero-order valence-corrected chi connectivity index (χ0v) is 29.7. The van der Waals surface area contributed by atoms with E-state index in [4.69, 9.17) is 15.0 Å². The van der Waals surface area contributed by atoms with Gasteiger partial charge < -0.3 is 0 Å².